The van der Waals surface area contributed by atoms with Crippen molar-refractivity contribution in [3.8, 4) is 0 Å². The zero-order valence-electron chi connectivity index (χ0n) is 28.7. The molecule has 1 fully saturated rings. The van der Waals surface area contributed by atoms with E-state index in [1.807, 2.05) is 67.7 Å². The number of thioether (sulfide) groups is 3. The fourth-order valence-electron chi connectivity index (χ4n) is 4.63. The fourth-order valence-corrected chi connectivity index (χ4v) is 7.93. The Balaban J connectivity index is 0.00000443. The van der Waals surface area contributed by atoms with Gasteiger partial charge in [0, 0.05) is 37.5 Å². The van der Waals surface area contributed by atoms with E-state index in [9.17, 15) is 19.5 Å². The number of aliphatic hydroxyl groups is 1. The number of amides is 3. The molecule has 2 rings (SSSR count). The first-order valence-corrected chi connectivity index (χ1v) is 18.1. The summed E-state index contributed by atoms with van der Waals surface area (Å²) in [7, 11) is 3.27. The van der Waals surface area contributed by atoms with Crippen molar-refractivity contribution in [1.29, 1.82) is 0 Å². The Bertz CT molecular complexity index is 1100. The third-order valence-corrected chi connectivity index (χ3v) is 10.5. The number of hydrogen-bond acceptors (Lipinski definition) is 9. The summed E-state index contributed by atoms with van der Waals surface area (Å²) in [4.78, 5) is 43.0. The molecule has 0 saturated carbocycles. The van der Waals surface area contributed by atoms with Gasteiger partial charge in [0.1, 0.15) is 11.8 Å². The van der Waals surface area contributed by atoms with E-state index in [2.05, 4.69) is 6.58 Å². The van der Waals surface area contributed by atoms with Crippen molar-refractivity contribution < 1.29 is 29.0 Å². The maximum absolute atomic E-state index is 14.4. The first kappa shape index (κ1) is 42.1. The molecule has 0 aromatic carbocycles. The summed E-state index contributed by atoms with van der Waals surface area (Å²) >= 11 is 4.66. The molecule has 0 bridgehead atoms. The lowest BCUT2D eigenvalue weighted by Crippen LogP contribution is -2.57. The molecule has 11 heteroatoms. The van der Waals surface area contributed by atoms with Gasteiger partial charge in [0.15, 0.2) is 0 Å². The van der Waals surface area contributed by atoms with E-state index in [1.54, 1.807) is 61.7 Å². The number of imide groups is 1. The van der Waals surface area contributed by atoms with Crippen molar-refractivity contribution in [2.45, 2.75) is 105 Å². The standard InChI is InChI=1S/C29H42N2O6S3.2C2H6/c1-10-12-21(32)25-20(11-2)24(28(39-16-36-8)40-17-37-9)26(38-15-18(3)4)29(6,7)31(25)27(35)19(5)30-22(33)13-14-23(30)34;2*1-2/h11-12,15,19,28,32H,2,10,13-14,16-17H2,1,3-9H3;2*1-2H3/b21-12+;;. The summed E-state index contributed by atoms with van der Waals surface area (Å²) in [5, 5.41) is 13.5. The highest BCUT2D eigenvalue weighted by molar-refractivity contribution is 8.17. The molecule has 250 valence electrons. The summed E-state index contributed by atoms with van der Waals surface area (Å²) in [5.41, 5.74) is 1.92. The van der Waals surface area contributed by atoms with Gasteiger partial charge in [-0.1, -0.05) is 64.6 Å². The molecule has 2 aliphatic rings. The van der Waals surface area contributed by atoms with E-state index in [0.717, 1.165) is 21.0 Å². The predicted molar refractivity (Wildman–Crippen MR) is 189 cm³/mol. The maximum atomic E-state index is 14.4. The Hall–Kier alpha value is -1.92. The first-order chi connectivity index (χ1) is 20.9. The molecule has 0 aromatic heterocycles. The molecule has 0 aromatic rings. The highest BCUT2D eigenvalue weighted by Crippen LogP contribution is 2.51. The minimum absolute atomic E-state index is 0.0684. The number of hydrogen-bond donors (Lipinski definition) is 1. The van der Waals surface area contributed by atoms with Gasteiger partial charge < -0.3 is 14.6 Å². The second-order valence-electron chi connectivity index (χ2n) is 10.1. The van der Waals surface area contributed by atoms with E-state index in [1.165, 1.54) is 11.8 Å². The molecule has 1 N–H and O–H groups in total. The number of rotatable bonds is 14. The van der Waals surface area contributed by atoms with Gasteiger partial charge in [-0.15, -0.1) is 23.5 Å². The third-order valence-electron chi connectivity index (χ3n) is 6.35. The minimum atomic E-state index is -1.05. The van der Waals surface area contributed by atoms with Crippen LogP contribution in [0.1, 0.15) is 88.5 Å². The van der Waals surface area contributed by atoms with Crippen LogP contribution in [0.25, 0.3) is 0 Å². The molecule has 3 amide bonds. The molecule has 8 nitrogen and oxygen atoms in total. The average molecular weight is 671 g/mol. The second kappa shape index (κ2) is 21.0. The molecule has 0 radical (unpaired) electrons. The van der Waals surface area contributed by atoms with Gasteiger partial charge in [-0.25, -0.2) is 0 Å². The number of likely N-dealkylation sites (tertiary alicyclic amines) is 1. The summed E-state index contributed by atoms with van der Waals surface area (Å²) in [6.45, 7) is 23.4. The zero-order valence-corrected chi connectivity index (χ0v) is 31.2. The van der Waals surface area contributed by atoms with Crippen molar-refractivity contribution in [2.24, 2.45) is 0 Å². The molecule has 1 saturated heterocycles. The summed E-state index contributed by atoms with van der Waals surface area (Å²) in [6.07, 6.45) is 4.01. The Labute approximate surface area is 278 Å². The van der Waals surface area contributed by atoms with Crippen molar-refractivity contribution in [1.82, 2.24) is 9.80 Å². The SMILES string of the molecule is C=CC1=C(/C(O)=C\CC)N(C(=O)C(C)N2C(=O)CCC2=O)C(C)(C)C(SC=C(C)C)=C1C(SCOC)SCOC.CC.CC. The predicted octanol–water partition coefficient (Wildman–Crippen LogP) is 8.40. The lowest BCUT2D eigenvalue weighted by molar-refractivity contribution is -0.150. The number of nitrogens with zero attached hydrogens (tertiary/aromatic N) is 2. The fraction of sp³-hybridized carbons (Fsp3) is 0.606. The van der Waals surface area contributed by atoms with E-state index in [0.29, 0.717) is 29.6 Å². The van der Waals surface area contributed by atoms with Crippen LogP contribution >= 0.6 is 35.3 Å². The van der Waals surface area contributed by atoms with Crippen molar-refractivity contribution in [3.05, 3.63) is 57.2 Å². The largest absolute Gasteiger partial charge is 0.506 e. The molecular formula is C33H54N2O6S3. The average Bonchev–Trinajstić information content (AvgIpc) is 3.34. The van der Waals surface area contributed by atoms with Gasteiger partial charge in [-0.3, -0.25) is 24.2 Å². The number of carbonyl (C=O) groups excluding carboxylic acids is 3. The van der Waals surface area contributed by atoms with Crippen molar-refractivity contribution in [2.75, 3.05) is 26.1 Å². The zero-order chi connectivity index (χ0) is 34.2. The van der Waals surface area contributed by atoms with Crippen molar-refractivity contribution in [3.63, 3.8) is 0 Å². The van der Waals surface area contributed by atoms with E-state index in [-0.39, 0.29) is 35.0 Å². The van der Waals surface area contributed by atoms with E-state index < -0.39 is 17.5 Å². The van der Waals surface area contributed by atoms with Crippen LogP contribution in [-0.4, -0.2) is 74.9 Å². The number of methoxy groups -OCH3 is 2. The molecular weight excluding hydrogens is 617 g/mol. The van der Waals surface area contributed by atoms with Crippen LogP contribution in [0.15, 0.2) is 57.2 Å². The molecule has 0 spiro atoms. The Morgan fingerprint density at radius 1 is 1.05 bits per heavy atom. The molecule has 1 atom stereocenters. The lowest BCUT2D eigenvalue weighted by atomic mass is 9.86. The van der Waals surface area contributed by atoms with Gasteiger partial charge in [0.05, 0.1) is 27.7 Å². The molecule has 44 heavy (non-hydrogen) atoms. The monoisotopic (exact) mass is 670 g/mol. The van der Waals surface area contributed by atoms with Crippen LogP contribution in [0.5, 0.6) is 0 Å². The van der Waals surface area contributed by atoms with E-state index >= 15 is 0 Å². The van der Waals surface area contributed by atoms with Crippen molar-refractivity contribution >= 4 is 53.0 Å². The Morgan fingerprint density at radius 2 is 1.55 bits per heavy atom. The third kappa shape index (κ3) is 10.3. The van der Waals surface area contributed by atoms with Gasteiger partial charge in [-0.2, -0.15) is 0 Å². The summed E-state index contributed by atoms with van der Waals surface area (Å²) in [6, 6.07) is -1.05. The molecule has 1 unspecified atom stereocenters. The maximum Gasteiger partial charge on any atom is 0.250 e. The van der Waals surface area contributed by atoms with Gasteiger partial charge >= 0.3 is 0 Å². The normalized spacial score (nSPS) is 17.2. The smallest absolute Gasteiger partial charge is 0.250 e. The van der Waals surface area contributed by atoms with Crippen LogP contribution in [0.2, 0.25) is 0 Å². The number of aliphatic hydroxyl groups excluding tert-OH is 1. The molecule has 2 heterocycles. The van der Waals surface area contributed by atoms with E-state index in [4.69, 9.17) is 9.47 Å². The highest BCUT2D eigenvalue weighted by Gasteiger charge is 2.49. The Kier molecular flexibility index (Phi) is 20.1. The minimum Gasteiger partial charge on any atom is -0.506 e. The number of ether oxygens (including phenoxy) is 2. The van der Waals surface area contributed by atoms with Crippen LogP contribution in [0, 0.1) is 0 Å². The second-order valence-corrected chi connectivity index (χ2v) is 13.3. The van der Waals surface area contributed by atoms with Crippen LogP contribution in [0.3, 0.4) is 0 Å². The lowest BCUT2D eigenvalue weighted by Gasteiger charge is -2.48. The Morgan fingerprint density at radius 3 is 1.95 bits per heavy atom. The first-order valence-electron chi connectivity index (χ1n) is 15.1. The van der Waals surface area contributed by atoms with Gasteiger partial charge in [0.25, 0.3) is 5.91 Å². The summed E-state index contributed by atoms with van der Waals surface area (Å²) in [5.74, 6) is -0.431. The quantitative estimate of drug-likeness (QED) is 0.111. The highest BCUT2D eigenvalue weighted by atomic mass is 32.2. The molecule has 0 aliphatic carbocycles. The number of allylic oxidation sites excluding steroid dienone is 4. The van der Waals surface area contributed by atoms with Crippen LogP contribution in [-0.2, 0) is 23.9 Å². The molecule has 2 aliphatic heterocycles. The van der Waals surface area contributed by atoms with Crippen LogP contribution < -0.4 is 0 Å². The van der Waals surface area contributed by atoms with Gasteiger partial charge in [-0.05, 0) is 58.1 Å². The summed E-state index contributed by atoms with van der Waals surface area (Å²) < 4.78 is 10.6. The topological polar surface area (TPSA) is 96.4 Å². The number of carbonyl (C=O) groups is 3. The van der Waals surface area contributed by atoms with Crippen LogP contribution in [0.4, 0.5) is 0 Å². The van der Waals surface area contributed by atoms with Gasteiger partial charge in [0.2, 0.25) is 11.8 Å².